The Balaban J connectivity index is 2.51. The zero-order valence-electron chi connectivity index (χ0n) is 12.2. The lowest BCUT2D eigenvalue weighted by atomic mass is 10.1. The maximum absolute atomic E-state index is 12.2. The van der Waals surface area contributed by atoms with E-state index >= 15 is 0 Å². The summed E-state index contributed by atoms with van der Waals surface area (Å²) in [5, 5.41) is 7.84. The Bertz CT molecular complexity index is 460. The van der Waals surface area contributed by atoms with Gasteiger partial charge in [-0.3, -0.25) is 0 Å². The van der Waals surface area contributed by atoms with Crippen LogP contribution in [0.3, 0.4) is 0 Å². The lowest BCUT2D eigenvalue weighted by Crippen LogP contribution is -2.38. The molecule has 2 unspecified atom stereocenters. The SMILES string of the molecule is CNC(C)c1ccc(NC(=O)NC(C)CC(F)(F)F)cc1. The molecular weight excluding hydrogens is 283 g/mol. The van der Waals surface area contributed by atoms with Gasteiger partial charge in [-0.25, -0.2) is 4.79 Å². The van der Waals surface area contributed by atoms with Gasteiger partial charge in [-0.05, 0) is 38.6 Å². The second-order valence-corrected chi connectivity index (χ2v) is 4.95. The Kier molecular flexibility index (Phi) is 6.02. The van der Waals surface area contributed by atoms with Crippen LogP contribution < -0.4 is 16.0 Å². The van der Waals surface area contributed by atoms with Crippen LogP contribution in [0, 0.1) is 0 Å². The molecule has 0 aromatic heterocycles. The molecule has 3 N–H and O–H groups in total. The topological polar surface area (TPSA) is 53.2 Å². The molecule has 0 heterocycles. The van der Waals surface area contributed by atoms with Crippen molar-refractivity contribution in [2.75, 3.05) is 12.4 Å². The fraction of sp³-hybridized carbons (Fsp3) is 0.500. The molecular formula is C14H20F3N3O. The molecule has 1 aromatic rings. The van der Waals surface area contributed by atoms with E-state index in [4.69, 9.17) is 0 Å². The van der Waals surface area contributed by atoms with Gasteiger partial charge in [-0.15, -0.1) is 0 Å². The number of urea groups is 1. The number of nitrogens with one attached hydrogen (secondary N) is 3. The molecule has 118 valence electrons. The van der Waals surface area contributed by atoms with Crippen LogP contribution in [0.2, 0.25) is 0 Å². The van der Waals surface area contributed by atoms with Crippen molar-refractivity contribution < 1.29 is 18.0 Å². The molecule has 0 saturated carbocycles. The summed E-state index contributed by atoms with van der Waals surface area (Å²) in [6, 6.07) is 5.65. The number of rotatable bonds is 5. The number of benzene rings is 1. The average molecular weight is 303 g/mol. The number of carbonyl (C=O) groups is 1. The van der Waals surface area contributed by atoms with Gasteiger partial charge >= 0.3 is 12.2 Å². The monoisotopic (exact) mass is 303 g/mol. The fourth-order valence-electron chi connectivity index (χ4n) is 1.81. The van der Waals surface area contributed by atoms with E-state index in [0.29, 0.717) is 5.69 Å². The van der Waals surface area contributed by atoms with Crippen LogP contribution in [0.5, 0.6) is 0 Å². The van der Waals surface area contributed by atoms with Crippen LogP contribution in [0.25, 0.3) is 0 Å². The molecule has 0 saturated heterocycles. The van der Waals surface area contributed by atoms with Crippen LogP contribution in [-0.2, 0) is 0 Å². The molecule has 2 amide bonds. The standard InChI is InChI=1S/C14H20F3N3O/c1-9(8-14(15,16)17)19-13(21)20-12-6-4-11(5-7-12)10(2)18-3/h4-7,9-10,18H,8H2,1-3H3,(H2,19,20,21). The van der Waals surface area contributed by atoms with Crippen LogP contribution in [-0.4, -0.2) is 25.3 Å². The van der Waals surface area contributed by atoms with Gasteiger partial charge in [0, 0.05) is 17.8 Å². The van der Waals surface area contributed by atoms with E-state index in [1.165, 1.54) is 6.92 Å². The molecule has 0 bridgehead atoms. The number of anilines is 1. The van der Waals surface area contributed by atoms with Gasteiger partial charge in [-0.2, -0.15) is 13.2 Å². The Morgan fingerprint density at radius 2 is 1.76 bits per heavy atom. The lowest BCUT2D eigenvalue weighted by molar-refractivity contribution is -0.138. The second kappa shape index (κ2) is 7.31. The quantitative estimate of drug-likeness (QED) is 0.780. The first-order valence-corrected chi connectivity index (χ1v) is 6.62. The third-order valence-corrected chi connectivity index (χ3v) is 3.02. The van der Waals surface area contributed by atoms with Gasteiger partial charge in [0.25, 0.3) is 0 Å². The summed E-state index contributed by atoms with van der Waals surface area (Å²) >= 11 is 0. The number of hydrogen-bond acceptors (Lipinski definition) is 2. The van der Waals surface area contributed by atoms with Gasteiger partial charge in [0.2, 0.25) is 0 Å². The highest BCUT2D eigenvalue weighted by Gasteiger charge is 2.30. The van der Waals surface area contributed by atoms with Crippen LogP contribution in [0.4, 0.5) is 23.7 Å². The Morgan fingerprint density at radius 1 is 1.19 bits per heavy atom. The van der Waals surface area contributed by atoms with Crippen molar-refractivity contribution >= 4 is 11.7 Å². The third kappa shape index (κ3) is 6.48. The Morgan fingerprint density at radius 3 is 2.24 bits per heavy atom. The van der Waals surface area contributed by atoms with E-state index in [-0.39, 0.29) is 6.04 Å². The predicted molar refractivity (Wildman–Crippen MR) is 76.2 cm³/mol. The number of halogens is 3. The smallest absolute Gasteiger partial charge is 0.335 e. The average Bonchev–Trinajstić information content (AvgIpc) is 2.36. The Labute approximate surface area is 122 Å². The summed E-state index contributed by atoms with van der Waals surface area (Å²) in [6.07, 6.45) is -5.35. The van der Waals surface area contributed by atoms with Crippen molar-refractivity contribution in [3.05, 3.63) is 29.8 Å². The second-order valence-electron chi connectivity index (χ2n) is 4.95. The van der Waals surface area contributed by atoms with Crippen molar-refractivity contribution in [2.45, 2.75) is 38.5 Å². The predicted octanol–water partition coefficient (Wildman–Crippen LogP) is 3.43. The molecule has 1 rings (SSSR count). The van der Waals surface area contributed by atoms with Crippen molar-refractivity contribution in [3.8, 4) is 0 Å². The molecule has 4 nitrogen and oxygen atoms in total. The maximum Gasteiger partial charge on any atom is 0.391 e. The zero-order valence-corrected chi connectivity index (χ0v) is 12.2. The molecule has 0 spiro atoms. The summed E-state index contributed by atoms with van der Waals surface area (Å²) in [5.74, 6) is 0. The molecule has 0 aliphatic heterocycles. The largest absolute Gasteiger partial charge is 0.391 e. The van der Waals surface area contributed by atoms with E-state index in [9.17, 15) is 18.0 Å². The summed E-state index contributed by atoms with van der Waals surface area (Å²) in [7, 11) is 1.84. The molecule has 0 aliphatic carbocycles. The van der Waals surface area contributed by atoms with Crippen molar-refractivity contribution in [2.24, 2.45) is 0 Å². The lowest BCUT2D eigenvalue weighted by Gasteiger charge is -2.16. The molecule has 21 heavy (non-hydrogen) atoms. The molecule has 7 heteroatoms. The van der Waals surface area contributed by atoms with Gasteiger partial charge in [0.05, 0.1) is 6.42 Å². The van der Waals surface area contributed by atoms with Gasteiger partial charge in [0.15, 0.2) is 0 Å². The number of amides is 2. The minimum Gasteiger partial charge on any atom is -0.335 e. The van der Waals surface area contributed by atoms with E-state index in [2.05, 4.69) is 16.0 Å². The summed E-state index contributed by atoms with van der Waals surface area (Å²) in [6.45, 7) is 3.30. The molecule has 0 aliphatic rings. The highest BCUT2D eigenvalue weighted by Crippen LogP contribution is 2.21. The first kappa shape index (κ1) is 17.3. The first-order chi connectivity index (χ1) is 9.71. The zero-order chi connectivity index (χ0) is 16.0. The van der Waals surface area contributed by atoms with Gasteiger partial charge in [0.1, 0.15) is 0 Å². The van der Waals surface area contributed by atoms with E-state index < -0.39 is 24.7 Å². The maximum atomic E-state index is 12.2. The first-order valence-electron chi connectivity index (χ1n) is 6.62. The molecule has 1 aromatic carbocycles. The minimum atomic E-state index is -4.29. The summed E-state index contributed by atoms with van der Waals surface area (Å²) in [4.78, 5) is 11.6. The molecule has 2 atom stereocenters. The van der Waals surface area contributed by atoms with E-state index in [1.807, 2.05) is 26.1 Å². The van der Waals surface area contributed by atoms with E-state index in [0.717, 1.165) is 5.56 Å². The number of hydrogen-bond donors (Lipinski definition) is 3. The van der Waals surface area contributed by atoms with Crippen molar-refractivity contribution in [1.29, 1.82) is 0 Å². The van der Waals surface area contributed by atoms with Gasteiger partial charge < -0.3 is 16.0 Å². The van der Waals surface area contributed by atoms with E-state index in [1.54, 1.807) is 12.1 Å². The number of carbonyl (C=O) groups excluding carboxylic acids is 1. The normalized spacial score (nSPS) is 14.4. The fourth-order valence-corrected chi connectivity index (χ4v) is 1.81. The summed E-state index contributed by atoms with van der Waals surface area (Å²) < 4.78 is 36.5. The highest BCUT2D eigenvalue weighted by molar-refractivity contribution is 5.89. The van der Waals surface area contributed by atoms with Gasteiger partial charge in [-0.1, -0.05) is 12.1 Å². The molecule has 0 radical (unpaired) electrons. The van der Waals surface area contributed by atoms with Crippen molar-refractivity contribution in [3.63, 3.8) is 0 Å². The summed E-state index contributed by atoms with van der Waals surface area (Å²) in [5.41, 5.74) is 1.58. The third-order valence-electron chi connectivity index (χ3n) is 3.02. The minimum absolute atomic E-state index is 0.180. The van der Waals surface area contributed by atoms with Crippen LogP contribution in [0.1, 0.15) is 31.9 Å². The van der Waals surface area contributed by atoms with Crippen LogP contribution >= 0.6 is 0 Å². The van der Waals surface area contributed by atoms with Crippen LogP contribution in [0.15, 0.2) is 24.3 Å². The highest BCUT2D eigenvalue weighted by atomic mass is 19.4. The number of alkyl halides is 3. The van der Waals surface area contributed by atoms with Crippen molar-refractivity contribution in [1.82, 2.24) is 10.6 Å². The molecule has 0 fully saturated rings. The Hall–Kier alpha value is -1.76.